The number of carbonyl (C=O) groups is 2. The van der Waals surface area contributed by atoms with Crippen molar-refractivity contribution in [2.24, 2.45) is 0 Å². The topological polar surface area (TPSA) is 192 Å². The summed E-state index contributed by atoms with van der Waals surface area (Å²) in [5.74, 6) is -0.0756. The van der Waals surface area contributed by atoms with Crippen LogP contribution >= 0.6 is 23.2 Å². The van der Waals surface area contributed by atoms with Gasteiger partial charge in [-0.05, 0) is 54.2 Å². The Balaban J connectivity index is 1.01. The van der Waals surface area contributed by atoms with Crippen LogP contribution in [0.15, 0.2) is 73.1 Å². The summed E-state index contributed by atoms with van der Waals surface area (Å²) in [7, 11) is 1.62. The minimum Gasteiger partial charge on any atom is -0.481 e. The van der Waals surface area contributed by atoms with Gasteiger partial charge in [0, 0.05) is 79.4 Å². The fraction of sp³-hybridized carbons (Fsp3) is 0.333. The smallest absolute Gasteiger partial charge is 0.306 e. The molecule has 8 rings (SSSR count). The maximum absolute atomic E-state index is 11.8. The van der Waals surface area contributed by atoms with E-state index in [9.17, 15) is 20.0 Å². The van der Waals surface area contributed by atoms with Gasteiger partial charge in [0.1, 0.15) is 23.8 Å². The van der Waals surface area contributed by atoms with Crippen LogP contribution in [0.25, 0.3) is 22.4 Å². The number of aliphatic hydroxyl groups excluding tert-OH is 1. The SMILES string of the molecule is COc1nc(-c2cccc(-c3cccc4c3CC[C@@H]4Oc3nc(OCc4cncc(C#N)c4)c(CNC[C@@H](O)CC(=O)O)cc3Cl)c2Cl)ccc1CN1CC2(CCC(=O)N2)C1. The van der Waals surface area contributed by atoms with Crippen LogP contribution in [0.3, 0.4) is 0 Å². The second-order valence-electron chi connectivity index (χ2n) is 15.6. The third-order valence-electron chi connectivity index (χ3n) is 11.2. The van der Waals surface area contributed by atoms with Crippen molar-refractivity contribution in [1.29, 1.82) is 5.26 Å². The molecule has 0 radical (unpaired) electrons. The van der Waals surface area contributed by atoms with Crippen LogP contribution in [0.1, 0.15) is 65.2 Å². The van der Waals surface area contributed by atoms with Crippen molar-refractivity contribution in [3.63, 3.8) is 0 Å². The van der Waals surface area contributed by atoms with E-state index >= 15 is 0 Å². The number of pyridine rings is 3. The van der Waals surface area contributed by atoms with Gasteiger partial charge in [0.05, 0.1) is 41.5 Å². The van der Waals surface area contributed by atoms with Crippen LogP contribution in [0, 0.1) is 11.3 Å². The third kappa shape index (κ3) is 9.27. The van der Waals surface area contributed by atoms with Gasteiger partial charge in [-0.3, -0.25) is 19.5 Å². The Bertz CT molecular complexity index is 2530. The van der Waals surface area contributed by atoms with Gasteiger partial charge in [-0.15, -0.1) is 0 Å². The monoisotopic (exact) mass is 863 g/mol. The van der Waals surface area contributed by atoms with E-state index in [2.05, 4.69) is 32.7 Å². The first-order chi connectivity index (χ1) is 29.5. The molecule has 4 N–H and O–H groups in total. The molecule has 0 bridgehead atoms. The summed E-state index contributed by atoms with van der Waals surface area (Å²) in [5, 5.41) is 35.4. The number of aliphatic carboxylic acids is 1. The summed E-state index contributed by atoms with van der Waals surface area (Å²) in [6, 6.07) is 21.4. The first-order valence-electron chi connectivity index (χ1n) is 19.9. The number of nitriles is 1. The average molecular weight is 865 g/mol. The second-order valence-corrected chi connectivity index (χ2v) is 16.4. The van der Waals surface area contributed by atoms with E-state index in [0.29, 0.717) is 59.1 Å². The predicted octanol–water partition coefficient (Wildman–Crippen LogP) is 6.43. The van der Waals surface area contributed by atoms with Crippen molar-refractivity contribution in [2.45, 2.75) is 69.5 Å². The quantitative estimate of drug-likeness (QED) is 0.0850. The minimum atomic E-state index is -1.11. The first-order valence-corrected chi connectivity index (χ1v) is 20.7. The number of benzene rings is 2. The molecule has 2 fully saturated rings. The Kier molecular flexibility index (Phi) is 12.4. The number of ether oxygens (including phenoxy) is 3. The Labute approximate surface area is 362 Å². The van der Waals surface area contributed by atoms with Gasteiger partial charge in [0.15, 0.2) is 0 Å². The van der Waals surface area contributed by atoms with Crippen LogP contribution in [-0.4, -0.2) is 80.3 Å². The first kappa shape index (κ1) is 41.9. The standard InChI is InChI=1S/C45H43Cl2N7O7/c1-59-42-28(22-54-24-45(25-54)13-12-39(56)53-45)8-10-37(51-42)35-7-3-6-34(41(35)47)31-4-2-5-33-32(31)9-11-38(33)61-44-36(46)15-29(20-50-21-30(55)16-40(57)58)43(52-44)60-23-27-14-26(17-48)18-49-19-27/h2-8,10,14-15,18-19,30,38,50,55H,9,11-13,16,20-25H2,1H3,(H,53,56)(H,57,58)/t30-,38-/m0/s1. The number of aliphatic hydroxyl groups is 1. The molecule has 16 heteroatoms. The Hall–Kier alpha value is -5.82. The molecule has 14 nitrogen and oxygen atoms in total. The van der Waals surface area contributed by atoms with Gasteiger partial charge >= 0.3 is 5.97 Å². The van der Waals surface area contributed by atoms with Crippen molar-refractivity contribution < 1.29 is 34.0 Å². The summed E-state index contributed by atoms with van der Waals surface area (Å²) in [5.41, 5.74) is 7.82. The lowest BCUT2D eigenvalue weighted by Gasteiger charge is -2.48. The highest BCUT2D eigenvalue weighted by molar-refractivity contribution is 6.36. The van der Waals surface area contributed by atoms with Crippen LogP contribution in [0.4, 0.5) is 0 Å². The molecule has 2 atom stereocenters. The fourth-order valence-corrected chi connectivity index (χ4v) is 8.95. The maximum atomic E-state index is 11.8. The van der Waals surface area contributed by atoms with E-state index < -0.39 is 18.5 Å². The van der Waals surface area contributed by atoms with Crippen LogP contribution < -0.4 is 24.8 Å². The zero-order valence-corrected chi connectivity index (χ0v) is 34.8. The summed E-state index contributed by atoms with van der Waals surface area (Å²) in [4.78, 5) is 38.8. The zero-order chi connectivity index (χ0) is 42.7. The third-order valence-corrected chi connectivity index (χ3v) is 11.9. The highest BCUT2D eigenvalue weighted by Gasteiger charge is 2.47. The highest BCUT2D eigenvalue weighted by atomic mass is 35.5. The number of hydrogen-bond acceptors (Lipinski definition) is 12. The molecule has 1 amide bonds. The lowest BCUT2D eigenvalue weighted by molar-refractivity contribution is -0.139. The Morgan fingerprint density at radius 2 is 1.84 bits per heavy atom. The summed E-state index contributed by atoms with van der Waals surface area (Å²) in [6.45, 7) is 2.50. The van der Waals surface area contributed by atoms with Crippen molar-refractivity contribution >= 4 is 35.1 Å². The molecule has 2 aliphatic heterocycles. The molecular formula is C45H43Cl2N7O7. The normalized spacial score (nSPS) is 17.0. The maximum Gasteiger partial charge on any atom is 0.306 e. The predicted molar refractivity (Wildman–Crippen MR) is 226 cm³/mol. The highest BCUT2D eigenvalue weighted by Crippen LogP contribution is 2.45. The molecule has 2 saturated heterocycles. The van der Waals surface area contributed by atoms with E-state index in [1.165, 1.54) is 6.20 Å². The van der Waals surface area contributed by atoms with Gasteiger partial charge in [0.25, 0.3) is 0 Å². The number of carboxylic acids is 1. The molecule has 1 aliphatic carbocycles. The zero-order valence-electron chi connectivity index (χ0n) is 33.3. The molecule has 3 aliphatic rings. The number of hydrogen-bond donors (Lipinski definition) is 4. The summed E-state index contributed by atoms with van der Waals surface area (Å²) >= 11 is 14.0. The molecule has 5 aromatic rings. The lowest BCUT2D eigenvalue weighted by atomic mass is 9.88. The number of halogens is 2. The molecule has 314 valence electrons. The van der Waals surface area contributed by atoms with E-state index in [1.807, 2.05) is 42.5 Å². The van der Waals surface area contributed by atoms with Crippen LogP contribution in [0.2, 0.25) is 10.0 Å². The number of carbonyl (C=O) groups excluding carboxylic acids is 1. The summed E-state index contributed by atoms with van der Waals surface area (Å²) < 4.78 is 18.4. The van der Waals surface area contributed by atoms with Gasteiger partial charge in [-0.1, -0.05) is 65.7 Å². The molecule has 2 aromatic carbocycles. The Morgan fingerprint density at radius 1 is 1.03 bits per heavy atom. The number of fused-ring (bicyclic) bond motifs is 1. The number of rotatable bonds is 16. The molecule has 1 spiro atoms. The lowest BCUT2D eigenvalue weighted by Crippen LogP contribution is -2.66. The van der Waals surface area contributed by atoms with E-state index in [0.717, 1.165) is 52.9 Å². The van der Waals surface area contributed by atoms with Gasteiger partial charge in [-0.2, -0.15) is 10.2 Å². The van der Waals surface area contributed by atoms with Crippen molar-refractivity contribution in [3.8, 4) is 46.1 Å². The number of amides is 1. The number of aromatic nitrogens is 3. The van der Waals surface area contributed by atoms with E-state index in [4.69, 9.17) is 52.5 Å². The van der Waals surface area contributed by atoms with Gasteiger partial charge < -0.3 is 35.1 Å². The largest absolute Gasteiger partial charge is 0.481 e. The second kappa shape index (κ2) is 18.0. The molecular weight excluding hydrogens is 821 g/mol. The van der Waals surface area contributed by atoms with Crippen LogP contribution in [0.5, 0.6) is 17.6 Å². The van der Waals surface area contributed by atoms with Crippen molar-refractivity contribution in [2.75, 3.05) is 26.7 Å². The number of carboxylic acid groups (broad SMARTS) is 1. The number of likely N-dealkylation sites (tertiary alicyclic amines) is 1. The average Bonchev–Trinajstić information content (AvgIpc) is 3.84. The molecule has 61 heavy (non-hydrogen) atoms. The van der Waals surface area contributed by atoms with Gasteiger partial charge in [0.2, 0.25) is 23.5 Å². The number of methoxy groups -OCH3 is 1. The minimum absolute atomic E-state index is 0.0178. The number of nitrogens with zero attached hydrogens (tertiary/aromatic N) is 5. The molecule has 5 heterocycles. The summed E-state index contributed by atoms with van der Waals surface area (Å²) in [6.07, 6.45) is 3.98. The van der Waals surface area contributed by atoms with Gasteiger partial charge in [-0.25, -0.2) is 4.98 Å². The molecule has 3 aromatic heterocycles. The van der Waals surface area contributed by atoms with Crippen molar-refractivity contribution in [1.82, 2.24) is 30.5 Å². The molecule has 0 saturated carbocycles. The fourth-order valence-electron chi connectivity index (χ4n) is 8.41. The van der Waals surface area contributed by atoms with Crippen LogP contribution in [-0.2, 0) is 35.7 Å². The Morgan fingerprint density at radius 3 is 2.61 bits per heavy atom. The number of nitrogens with one attached hydrogen (secondary N) is 2. The van der Waals surface area contributed by atoms with Crippen molar-refractivity contribution in [3.05, 3.63) is 116 Å². The van der Waals surface area contributed by atoms with E-state index in [-0.39, 0.29) is 54.0 Å². The molecule has 0 unspecified atom stereocenters. The van der Waals surface area contributed by atoms with E-state index in [1.54, 1.807) is 25.4 Å².